The van der Waals surface area contributed by atoms with Crippen LogP contribution in [0.4, 0.5) is 8.78 Å². The maximum Gasteiger partial charge on any atom is 0.397 e. The molecule has 0 radical (unpaired) electrons. The Kier molecular flexibility index (Phi) is 1.36. The lowest BCUT2D eigenvalue weighted by Crippen LogP contribution is -2.07. The van der Waals surface area contributed by atoms with Gasteiger partial charge in [0.1, 0.15) is 0 Å². The highest BCUT2D eigenvalue weighted by molar-refractivity contribution is 6.05. The van der Waals surface area contributed by atoms with E-state index < -0.39 is 5.92 Å². The van der Waals surface area contributed by atoms with E-state index in [1.54, 1.807) is 3.67 Å². The molecule has 1 aliphatic carbocycles. The van der Waals surface area contributed by atoms with Crippen LogP contribution in [0.2, 0.25) is 0 Å². The van der Waals surface area contributed by atoms with Crippen molar-refractivity contribution in [2.24, 2.45) is 0 Å². The summed E-state index contributed by atoms with van der Waals surface area (Å²) in [6.45, 7) is 0. The molecule has 0 spiro atoms. The van der Waals surface area contributed by atoms with Gasteiger partial charge in [0.15, 0.2) is 0 Å². The molecule has 0 unspecified atom stereocenters. The Labute approximate surface area is 70.8 Å². The zero-order valence-corrected chi connectivity index (χ0v) is 8.14. The fraction of sp³-hybridized carbons (Fsp3) is 0.500. The van der Waals surface area contributed by atoms with Crippen LogP contribution in [0, 0.1) is 0 Å². The van der Waals surface area contributed by atoms with Crippen molar-refractivity contribution in [1.29, 1.82) is 0 Å². The molecule has 2 nitrogen and oxygen atoms in total. The van der Waals surface area contributed by atoms with E-state index >= 15 is 0 Å². The summed E-state index contributed by atoms with van der Waals surface area (Å²) in [5, 5.41) is 3.99. The second-order valence-corrected chi connectivity index (χ2v) is 3.78. The summed E-state index contributed by atoms with van der Waals surface area (Å²) in [6, 6.07) is 0. The second-order valence-electron chi connectivity index (χ2n) is 2.87. The van der Waals surface area contributed by atoms with E-state index in [0.29, 0.717) is 28.6 Å². The van der Waals surface area contributed by atoms with Crippen molar-refractivity contribution in [3.63, 3.8) is 0 Å². The lowest BCUT2D eigenvalue weighted by Gasteiger charge is -2.06. The minimum atomic E-state index is -2.61. The standard InChI is InChI=1S/C6H5F2N2.Al.2H/c7-6(8)2-1-5-4(6)3-9-10-5;;;/h3H,1-2H2;;;/q-1;+1;;. The third kappa shape index (κ3) is 0.996. The Morgan fingerprint density at radius 3 is 3.00 bits per heavy atom. The van der Waals surface area contributed by atoms with E-state index in [-0.39, 0.29) is 12.0 Å². The third-order valence-electron chi connectivity index (χ3n) is 1.98. The molecular weight excluding hydrogens is 165 g/mol. The molecule has 0 N–H and O–H groups in total. The molecule has 0 saturated heterocycles. The van der Waals surface area contributed by atoms with E-state index in [2.05, 4.69) is 5.10 Å². The Hall–Kier alpha value is -0.398. The molecule has 0 atom stereocenters. The second kappa shape index (κ2) is 2.05. The highest BCUT2D eigenvalue weighted by Gasteiger charge is 2.40. The zero-order valence-electron chi connectivity index (χ0n) is 6.14. The summed E-state index contributed by atoms with van der Waals surface area (Å²) in [6.07, 6.45) is 1.83. The molecule has 0 aliphatic heterocycles. The van der Waals surface area contributed by atoms with Gasteiger partial charge in [0.2, 0.25) is 0 Å². The first kappa shape index (κ1) is 7.26. The van der Waals surface area contributed by atoms with Crippen LogP contribution in [-0.2, 0) is 12.3 Å². The van der Waals surface area contributed by atoms with Crippen LogP contribution < -0.4 is 0 Å². The maximum absolute atomic E-state index is 12.9. The molecule has 0 saturated carbocycles. The van der Waals surface area contributed by atoms with Crippen LogP contribution in [0.3, 0.4) is 0 Å². The molecule has 1 aromatic rings. The summed E-state index contributed by atoms with van der Waals surface area (Å²) in [7, 11) is 0. The molecule has 11 heavy (non-hydrogen) atoms. The number of alkyl halides is 2. The van der Waals surface area contributed by atoms with E-state index in [0.717, 1.165) is 0 Å². The number of fused-ring (bicyclic) bond motifs is 1. The molecule has 0 fully saturated rings. The van der Waals surface area contributed by atoms with Gasteiger partial charge in [-0.1, -0.05) is 0 Å². The van der Waals surface area contributed by atoms with Crippen LogP contribution in [-0.4, -0.2) is 25.3 Å². The van der Waals surface area contributed by atoms with Gasteiger partial charge >= 0.3 is 16.5 Å². The molecule has 58 valence electrons. The third-order valence-corrected chi connectivity index (χ3v) is 2.43. The topological polar surface area (TPSA) is 17.8 Å². The van der Waals surface area contributed by atoms with Gasteiger partial charge in [-0.05, 0) is 6.42 Å². The van der Waals surface area contributed by atoms with Crippen LogP contribution in [0.25, 0.3) is 0 Å². The molecular formula is C6H7AlF2N2. The summed E-state index contributed by atoms with van der Waals surface area (Å²) in [5.41, 5.74) is 0.734. The Balaban J connectivity index is 2.54. The molecule has 0 bridgehead atoms. The lowest BCUT2D eigenvalue weighted by atomic mass is 10.2. The molecule has 0 amide bonds. The van der Waals surface area contributed by atoms with Gasteiger partial charge in [-0.3, -0.25) is 0 Å². The first-order valence-corrected chi connectivity index (χ1v) is 4.40. The molecule has 1 aromatic heterocycles. The highest BCUT2D eigenvalue weighted by atomic mass is 27.1. The van der Waals surface area contributed by atoms with E-state index in [1.165, 1.54) is 6.20 Å². The summed E-state index contributed by atoms with van der Waals surface area (Å²) in [4.78, 5) is 0. The number of hydrogen-bond donors (Lipinski definition) is 0. The average Bonchev–Trinajstić information content (AvgIpc) is 2.35. The predicted molar refractivity (Wildman–Crippen MR) is 38.4 cm³/mol. The summed E-state index contributed by atoms with van der Waals surface area (Å²) in [5.74, 6) is -2.61. The van der Waals surface area contributed by atoms with Crippen molar-refractivity contribution in [3.8, 4) is 0 Å². The maximum atomic E-state index is 12.9. The lowest BCUT2D eigenvalue weighted by molar-refractivity contribution is -0.00207. The Morgan fingerprint density at radius 1 is 1.64 bits per heavy atom. The van der Waals surface area contributed by atoms with E-state index in [9.17, 15) is 8.78 Å². The number of rotatable bonds is 0. The van der Waals surface area contributed by atoms with Crippen molar-refractivity contribution in [2.45, 2.75) is 18.8 Å². The number of halogens is 2. The number of hydrogen-bond acceptors (Lipinski definition) is 1. The fourth-order valence-corrected chi connectivity index (χ4v) is 1.93. The SMILES string of the molecule is FC1(F)CCc2n[n]([AlH2])cc21. The van der Waals surface area contributed by atoms with Crippen LogP contribution in [0.5, 0.6) is 0 Å². The first-order chi connectivity index (χ1) is 5.09. The Bertz CT molecular complexity index is 295. The average molecular weight is 172 g/mol. The van der Waals surface area contributed by atoms with Crippen LogP contribution >= 0.6 is 0 Å². The van der Waals surface area contributed by atoms with Crippen molar-refractivity contribution in [3.05, 3.63) is 17.5 Å². The van der Waals surface area contributed by atoms with E-state index in [4.69, 9.17) is 0 Å². The number of aromatic nitrogens is 2. The summed E-state index contributed by atoms with van der Waals surface area (Å²) >= 11 is 0.683. The van der Waals surface area contributed by atoms with E-state index in [1.807, 2.05) is 0 Å². The minimum absolute atomic E-state index is 0.0624. The first-order valence-electron chi connectivity index (χ1n) is 3.50. The molecule has 5 heteroatoms. The van der Waals surface area contributed by atoms with Gasteiger partial charge in [0, 0.05) is 12.6 Å². The van der Waals surface area contributed by atoms with Crippen LogP contribution in [0.15, 0.2) is 6.20 Å². The summed E-state index contributed by atoms with van der Waals surface area (Å²) < 4.78 is 27.4. The smallest absolute Gasteiger partial charge is 0.374 e. The largest absolute Gasteiger partial charge is 0.397 e. The predicted octanol–water partition coefficient (Wildman–Crippen LogP) is 0.317. The van der Waals surface area contributed by atoms with Gasteiger partial charge < -0.3 is 3.67 Å². The van der Waals surface area contributed by atoms with Gasteiger partial charge in [0.05, 0.1) is 11.3 Å². The van der Waals surface area contributed by atoms with Crippen LogP contribution in [0.1, 0.15) is 17.7 Å². The molecule has 2 rings (SSSR count). The fourth-order valence-electron chi connectivity index (χ4n) is 1.43. The van der Waals surface area contributed by atoms with Gasteiger partial charge in [-0.2, -0.15) is 0 Å². The molecule has 1 heterocycles. The number of aryl methyl sites for hydroxylation is 1. The highest BCUT2D eigenvalue weighted by Crippen LogP contribution is 2.40. The van der Waals surface area contributed by atoms with Gasteiger partial charge in [-0.15, -0.1) is 0 Å². The molecule has 0 aromatic carbocycles. The van der Waals surface area contributed by atoms with Gasteiger partial charge in [-0.25, -0.2) is 13.9 Å². The minimum Gasteiger partial charge on any atom is -0.374 e. The van der Waals surface area contributed by atoms with Crippen molar-refractivity contribution in [2.75, 3.05) is 0 Å². The Morgan fingerprint density at radius 2 is 2.36 bits per heavy atom. The van der Waals surface area contributed by atoms with Gasteiger partial charge in [0.25, 0.3) is 5.92 Å². The molecule has 1 aliphatic rings. The van der Waals surface area contributed by atoms with Crippen molar-refractivity contribution in [1.82, 2.24) is 8.76 Å². The quantitative estimate of drug-likeness (QED) is 0.515. The van der Waals surface area contributed by atoms with Crippen molar-refractivity contribution >= 4 is 16.5 Å². The zero-order chi connectivity index (χ0) is 8.06. The number of nitrogens with zero attached hydrogens (tertiary/aromatic N) is 2. The monoisotopic (exact) mass is 172 g/mol. The normalized spacial score (nSPS) is 20.2. The van der Waals surface area contributed by atoms with Crippen molar-refractivity contribution < 1.29 is 8.78 Å².